The third kappa shape index (κ3) is 5.74. The van der Waals surface area contributed by atoms with Crippen LogP contribution in [0.25, 0.3) is 10.8 Å². The summed E-state index contributed by atoms with van der Waals surface area (Å²) < 4.78 is 6.32. The summed E-state index contributed by atoms with van der Waals surface area (Å²) in [5.74, 6) is -1.67. The summed E-state index contributed by atoms with van der Waals surface area (Å²) in [7, 11) is 1.44. The van der Waals surface area contributed by atoms with Gasteiger partial charge in [0.25, 0.3) is 11.5 Å². The smallest absolute Gasteiger partial charge is 0.359 e. The lowest BCUT2D eigenvalue weighted by Gasteiger charge is -2.28. The van der Waals surface area contributed by atoms with E-state index < -0.39 is 18.5 Å². The Labute approximate surface area is 203 Å². The van der Waals surface area contributed by atoms with E-state index in [1.165, 1.54) is 11.9 Å². The third-order valence-corrected chi connectivity index (χ3v) is 6.11. The van der Waals surface area contributed by atoms with E-state index in [-0.39, 0.29) is 29.7 Å². The van der Waals surface area contributed by atoms with E-state index in [0.29, 0.717) is 22.9 Å². The van der Waals surface area contributed by atoms with Gasteiger partial charge in [-0.2, -0.15) is 5.10 Å². The Morgan fingerprint density at radius 3 is 2.46 bits per heavy atom. The molecule has 3 rings (SSSR count). The van der Waals surface area contributed by atoms with Gasteiger partial charge in [0.2, 0.25) is 5.91 Å². The molecule has 0 saturated carbocycles. The SMILES string of the molecule is CCC(C)N(CC(=O)Nc1cccc(C)c1C)C(=O)COC(=O)c1nn(C)c(=O)c2ccccc12. The van der Waals surface area contributed by atoms with Crippen LogP contribution in [0.1, 0.15) is 41.9 Å². The van der Waals surface area contributed by atoms with Crippen LogP contribution in [0.15, 0.2) is 47.3 Å². The highest BCUT2D eigenvalue weighted by atomic mass is 16.5. The van der Waals surface area contributed by atoms with E-state index in [9.17, 15) is 19.2 Å². The molecule has 0 fully saturated rings. The Morgan fingerprint density at radius 2 is 1.77 bits per heavy atom. The van der Waals surface area contributed by atoms with Crippen LogP contribution in [0.5, 0.6) is 0 Å². The van der Waals surface area contributed by atoms with Crippen molar-refractivity contribution in [2.24, 2.45) is 7.05 Å². The molecule has 2 aromatic carbocycles. The minimum Gasteiger partial charge on any atom is -0.451 e. The number of hydrogen-bond donors (Lipinski definition) is 1. The molecule has 0 saturated heterocycles. The van der Waals surface area contributed by atoms with Gasteiger partial charge in [-0.25, -0.2) is 9.48 Å². The predicted molar refractivity (Wildman–Crippen MR) is 133 cm³/mol. The Hall–Kier alpha value is -4.01. The van der Waals surface area contributed by atoms with Crippen LogP contribution >= 0.6 is 0 Å². The maximum atomic E-state index is 13.0. The second-order valence-electron chi connectivity index (χ2n) is 8.47. The highest BCUT2D eigenvalue weighted by Crippen LogP contribution is 2.18. The number of anilines is 1. The number of nitrogens with zero attached hydrogens (tertiary/aromatic N) is 3. The molecule has 0 radical (unpaired) electrons. The van der Waals surface area contributed by atoms with Crippen molar-refractivity contribution in [1.82, 2.24) is 14.7 Å². The van der Waals surface area contributed by atoms with Crippen LogP contribution in [-0.4, -0.2) is 51.7 Å². The molecule has 0 bridgehead atoms. The van der Waals surface area contributed by atoms with E-state index in [4.69, 9.17) is 4.74 Å². The first kappa shape index (κ1) is 25.6. The number of aryl methyl sites for hydroxylation is 2. The maximum Gasteiger partial charge on any atom is 0.359 e. The number of carbonyl (C=O) groups excluding carboxylic acids is 3. The molecular formula is C26H30N4O5. The predicted octanol–water partition coefficient (Wildman–Crippen LogP) is 2.97. The molecule has 9 nitrogen and oxygen atoms in total. The second-order valence-corrected chi connectivity index (χ2v) is 8.47. The maximum absolute atomic E-state index is 13.0. The van der Waals surface area contributed by atoms with E-state index in [1.54, 1.807) is 24.3 Å². The number of nitrogens with one attached hydrogen (secondary N) is 1. The van der Waals surface area contributed by atoms with Crippen molar-refractivity contribution in [2.75, 3.05) is 18.5 Å². The zero-order valence-electron chi connectivity index (χ0n) is 20.6. The molecule has 1 N–H and O–H groups in total. The molecule has 1 heterocycles. The second kappa shape index (κ2) is 10.9. The lowest BCUT2D eigenvalue weighted by atomic mass is 10.1. The molecule has 3 aromatic rings. The van der Waals surface area contributed by atoms with Crippen molar-refractivity contribution < 1.29 is 19.1 Å². The highest BCUT2D eigenvalue weighted by molar-refractivity contribution is 6.02. The molecule has 1 aromatic heterocycles. The lowest BCUT2D eigenvalue weighted by molar-refractivity contribution is -0.139. The van der Waals surface area contributed by atoms with Gasteiger partial charge in [-0.05, 0) is 50.5 Å². The van der Waals surface area contributed by atoms with Crippen molar-refractivity contribution in [3.05, 3.63) is 69.6 Å². The number of fused-ring (bicyclic) bond motifs is 1. The molecular weight excluding hydrogens is 448 g/mol. The Bertz CT molecular complexity index is 1330. The highest BCUT2D eigenvalue weighted by Gasteiger charge is 2.25. The number of amides is 2. The summed E-state index contributed by atoms with van der Waals surface area (Å²) in [6.07, 6.45) is 0.615. The number of hydrogen-bond acceptors (Lipinski definition) is 6. The minimum absolute atomic E-state index is 0.0572. The molecule has 35 heavy (non-hydrogen) atoms. The summed E-state index contributed by atoms with van der Waals surface area (Å²) in [6.45, 7) is 6.86. The van der Waals surface area contributed by atoms with Gasteiger partial charge in [-0.3, -0.25) is 14.4 Å². The van der Waals surface area contributed by atoms with Crippen LogP contribution in [-0.2, 0) is 21.4 Å². The molecule has 1 atom stereocenters. The number of benzene rings is 2. The summed E-state index contributed by atoms with van der Waals surface area (Å²) in [4.78, 5) is 52.1. The van der Waals surface area contributed by atoms with Crippen molar-refractivity contribution in [2.45, 2.75) is 40.2 Å². The Kier molecular flexibility index (Phi) is 8.01. The van der Waals surface area contributed by atoms with Gasteiger partial charge in [0.15, 0.2) is 12.3 Å². The van der Waals surface area contributed by atoms with Gasteiger partial charge in [-0.15, -0.1) is 0 Å². The van der Waals surface area contributed by atoms with Crippen molar-refractivity contribution in [1.29, 1.82) is 0 Å². The fraction of sp³-hybridized carbons (Fsp3) is 0.346. The number of esters is 1. The van der Waals surface area contributed by atoms with Gasteiger partial charge in [0.1, 0.15) is 6.54 Å². The van der Waals surface area contributed by atoms with E-state index in [0.717, 1.165) is 15.8 Å². The molecule has 0 aliphatic carbocycles. The summed E-state index contributed by atoms with van der Waals surface area (Å²) in [5, 5.41) is 7.55. The molecule has 184 valence electrons. The van der Waals surface area contributed by atoms with Gasteiger partial charge in [0, 0.05) is 24.2 Å². The number of aromatic nitrogens is 2. The third-order valence-electron chi connectivity index (χ3n) is 6.11. The summed E-state index contributed by atoms with van der Waals surface area (Å²) in [5.41, 5.74) is 2.28. The number of rotatable bonds is 8. The van der Waals surface area contributed by atoms with Crippen molar-refractivity contribution in [3.8, 4) is 0 Å². The monoisotopic (exact) mass is 478 g/mol. The first-order chi connectivity index (χ1) is 16.6. The van der Waals surface area contributed by atoms with Crippen LogP contribution in [0.3, 0.4) is 0 Å². The normalized spacial score (nSPS) is 11.7. The molecule has 0 spiro atoms. The standard InChI is InChI=1S/C26H30N4O5/c1-6-17(3)30(14-22(31)27-21-13-9-10-16(2)18(21)4)23(32)15-35-26(34)24-19-11-7-8-12-20(19)25(33)29(5)28-24/h7-13,17H,6,14-15H2,1-5H3,(H,27,31). The van der Waals surface area contributed by atoms with Crippen molar-refractivity contribution in [3.63, 3.8) is 0 Å². The van der Waals surface area contributed by atoms with Crippen LogP contribution in [0, 0.1) is 13.8 Å². The van der Waals surface area contributed by atoms with E-state index >= 15 is 0 Å². The fourth-order valence-corrected chi connectivity index (χ4v) is 3.67. The quantitative estimate of drug-likeness (QED) is 0.499. The first-order valence-corrected chi connectivity index (χ1v) is 11.4. The van der Waals surface area contributed by atoms with Gasteiger partial charge < -0.3 is 15.0 Å². The van der Waals surface area contributed by atoms with E-state index in [2.05, 4.69) is 10.4 Å². The zero-order valence-corrected chi connectivity index (χ0v) is 20.6. The average Bonchev–Trinajstić information content (AvgIpc) is 2.85. The molecule has 2 amide bonds. The van der Waals surface area contributed by atoms with Gasteiger partial charge >= 0.3 is 5.97 Å². The number of ether oxygens (including phenoxy) is 1. The topological polar surface area (TPSA) is 111 Å². The molecule has 1 unspecified atom stereocenters. The molecule has 0 aliphatic rings. The Balaban J connectivity index is 1.72. The molecule has 9 heteroatoms. The Morgan fingerprint density at radius 1 is 1.09 bits per heavy atom. The number of carbonyl (C=O) groups is 3. The van der Waals surface area contributed by atoms with E-state index in [1.807, 2.05) is 45.9 Å². The van der Waals surface area contributed by atoms with Crippen LogP contribution < -0.4 is 10.9 Å². The first-order valence-electron chi connectivity index (χ1n) is 11.4. The summed E-state index contributed by atoms with van der Waals surface area (Å²) >= 11 is 0. The van der Waals surface area contributed by atoms with Crippen LogP contribution in [0.4, 0.5) is 5.69 Å². The van der Waals surface area contributed by atoms with Gasteiger partial charge in [0.05, 0.1) is 5.39 Å². The fourth-order valence-electron chi connectivity index (χ4n) is 3.67. The van der Waals surface area contributed by atoms with Crippen LogP contribution in [0.2, 0.25) is 0 Å². The zero-order chi connectivity index (χ0) is 25.7. The molecule has 0 aliphatic heterocycles. The van der Waals surface area contributed by atoms with Gasteiger partial charge in [-0.1, -0.05) is 37.3 Å². The largest absolute Gasteiger partial charge is 0.451 e. The van der Waals surface area contributed by atoms with Crippen molar-refractivity contribution >= 4 is 34.2 Å². The lowest BCUT2D eigenvalue weighted by Crippen LogP contribution is -2.45. The minimum atomic E-state index is -0.825. The summed E-state index contributed by atoms with van der Waals surface area (Å²) in [6, 6.07) is 11.9. The average molecular weight is 479 g/mol.